The van der Waals surface area contributed by atoms with E-state index in [9.17, 15) is 9.90 Å². The van der Waals surface area contributed by atoms with Crippen LogP contribution in [0, 0.1) is 6.92 Å². The predicted octanol–water partition coefficient (Wildman–Crippen LogP) is 2.45. The van der Waals surface area contributed by atoms with Crippen molar-refractivity contribution in [1.82, 2.24) is 14.5 Å². The van der Waals surface area contributed by atoms with Crippen LogP contribution in [0.25, 0.3) is 5.52 Å². The molecule has 0 unspecified atom stereocenters. The Kier molecular flexibility index (Phi) is 5.26. The van der Waals surface area contributed by atoms with Gasteiger partial charge in [0.15, 0.2) is 5.82 Å². The van der Waals surface area contributed by atoms with Crippen LogP contribution in [-0.2, 0) is 4.79 Å². The highest BCUT2D eigenvalue weighted by Crippen LogP contribution is 2.37. The van der Waals surface area contributed by atoms with Gasteiger partial charge in [-0.15, -0.1) is 5.10 Å². The minimum atomic E-state index is 0.164. The lowest BCUT2D eigenvalue weighted by Crippen LogP contribution is -2.44. The quantitative estimate of drug-likeness (QED) is 0.437. The van der Waals surface area contributed by atoms with Crippen LogP contribution >= 0.6 is 0 Å². The van der Waals surface area contributed by atoms with Crippen LogP contribution in [0.15, 0.2) is 36.5 Å². The van der Waals surface area contributed by atoms with E-state index in [1.54, 1.807) is 6.07 Å². The number of aromatic hydroxyl groups is 1. The summed E-state index contributed by atoms with van der Waals surface area (Å²) in [4.78, 5) is 15.5. The summed E-state index contributed by atoms with van der Waals surface area (Å²) in [6.45, 7) is 5.79. The monoisotopic (exact) mass is 394 g/mol. The van der Waals surface area contributed by atoms with Crippen molar-refractivity contribution in [3.63, 3.8) is 0 Å². The van der Waals surface area contributed by atoms with Gasteiger partial charge in [0.2, 0.25) is 0 Å². The topological polar surface area (TPSA) is 85.1 Å². The molecule has 1 saturated heterocycles. The molecule has 29 heavy (non-hydrogen) atoms. The number of nitrogens with one attached hydrogen (secondary N) is 2. The molecular formula is C21H26N6O2. The molecule has 4 rings (SSSR count). The van der Waals surface area contributed by atoms with E-state index in [1.165, 1.54) is 0 Å². The van der Waals surface area contributed by atoms with Gasteiger partial charge in [-0.1, -0.05) is 6.07 Å². The van der Waals surface area contributed by atoms with Crippen LogP contribution in [0.1, 0.15) is 5.56 Å². The first-order valence-corrected chi connectivity index (χ1v) is 9.76. The third-order valence-corrected chi connectivity index (χ3v) is 5.30. The fourth-order valence-electron chi connectivity index (χ4n) is 3.58. The zero-order chi connectivity index (χ0) is 20.4. The van der Waals surface area contributed by atoms with Crippen molar-refractivity contribution in [3.05, 3.63) is 42.1 Å². The molecule has 2 aromatic heterocycles. The van der Waals surface area contributed by atoms with Gasteiger partial charge in [-0.25, -0.2) is 4.52 Å². The Morgan fingerprint density at radius 1 is 1.17 bits per heavy atom. The Hall–Kier alpha value is -3.26. The molecular weight excluding hydrogens is 368 g/mol. The van der Waals surface area contributed by atoms with Crippen molar-refractivity contribution >= 4 is 34.7 Å². The number of pyridine rings is 1. The van der Waals surface area contributed by atoms with Gasteiger partial charge in [-0.05, 0) is 37.7 Å². The molecule has 3 N–H and O–H groups in total. The number of nitrogens with zero attached hydrogens (tertiary/aromatic N) is 4. The Morgan fingerprint density at radius 3 is 2.72 bits per heavy atom. The number of likely N-dealkylation sites (N-methyl/N-ethyl adjacent to an activating group) is 1. The highest BCUT2D eigenvalue weighted by Gasteiger charge is 2.23. The van der Waals surface area contributed by atoms with Gasteiger partial charge in [0.1, 0.15) is 17.7 Å². The number of hydrogen-bond donors (Lipinski definition) is 3. The summed E-state index contributed by atoms with van der Waals surface area (Å²) >= 11 is 0. The van der Waals surface area contributed by atoms with Crippen molar-refractivity contribution in [3.8, 4) is 5.75 Å². The number of benzene rings is 1. The number of phenols is 1. The number of aryl methyl sites for hydroxylation is 1. The molecule has 3 heterocycles. The standard InChI is InChI=1S/C21H26N6O2/c1-15-13-17(16(14-19(15)29)22-6-12-28)23-20-18-5-3-4-7-27(18)24-21(20)26-10-8-25(2)9-11-26/h3-5,7,12-14,22-23,29H,6,8-11H2,1-2H3. The molecule has 8 nitrogen and oxygen atoms in total. The van der Waals surface area contributed by atoms with Gasteiger partial charge in [-0.2, -0.15) is 0 Å². The van der Waals surface area contributed by atoms with E-state index in [1.807, 2.05) is 41.9 Å². The van der Waals surface area contributed by atoms with E-state index in [-0.39, 0.29) is 12.3 Å². The first kappa shape index (κ1) is 19.1. The van der Waals surface area contributed by atoms with Gasteiger partial charge in [-0.3, -0.25) is 0 Å². The zero-order valence-electron chi connectivity index (χ0n) is 16.7. The van der Waals surface area contributed by atoms with Gasteiger partial charge >= 0.3 is 0 Å². The van der Waals surface area contributed by atoms with Crippen molar-refractivity contribution in [2.24, 2.45) is 0 Å². The number of anilines is 4. The lowest BCUT2D eigenvalue weighted by Gasteiger charge is -2.33. The van der Waals surface area contributed by atoms with Gasteiger partial charge < -0.3 is 30.3 Å². The Morgan fingerprint density at radius 2 is 1.97 bits per heavy atom. The molecule has 0 bridgehead atoms. The molecule has 1 aliphatic rings. The molecule has 0 amide bonds. The summed E-state index contributed by atoms with van der Waals surface area (Å²) in [5.74, 6) is 1.08. The van der Waals surface area contributed by atoms with Crippen LogP contribution in [0.2, 0.25) is 0 Å². The third kappa shape index (κ3) is 3.84. The maximum atomic E-state index is 10.9. The maximum absolute atomic E-state index is 10.9. The number of piperazine rings is 1. The summed E-state index contributed by atoms with van der Waals surface area (Å²) in [6, 6.07) is 9.49. The summed E-state index contributed by atoms with van der Waals surface area (Å²) in [7, 11) is 2.13. The maximum Gasteiger partial charge on any atom is 0.175 e. The fraction of sp³-hybridized carbons (Fsp3) is 0.333. The van der Waals surface area contributed by atoms with Crippen molar-refractivity contribution in [2.45, 2.75) is 6.92 Å². The number of hydrogen-bond acceptors (Lipinski definition) is 7. The van der Waals surface area contributed by atoms with E-state index in [0.29, 0.717) is 5.69 Å². The molecule has 1 fully saturated rings. The van der Waals surface area contributed by atoms with E-state index in [4.69, 9.17) is 5.10 Å². The number of phenolic OH excluding ortho intramolecular Hbond substituents is 1. The van der Waals surface area contributed by atoms with Crippen molar-refractivity contribution in [2.75, 3.05) is 55.3 Å². The third-order valence-electron chi connectivity index (χ3n) is 5.30. The van der Waals surface area contributed by atoms with Gasteiger partial charge in [0, 0.05) is 38.4 Å². The molecule has 1 aromatic carbocycles. The lowest BCUT2D eigenvalue weighted by atomic mass is 10.1. The van der Waals surface area contributed by atoms with Gasteiger partial charge in [0.05, 0.1) is 23.4 Å². The van der Waals surface area contributed by atoms with E-state index in [2.05, 4.69) is 27.5 Å². The molecule has 0 spiro atoms. The first-order valence-electron chi connectivity index (χ1n) is 9.76. The average Bonchev–Trinajstić information content (AvgIpc) is 3.08. The Balaban J connectivity index is 1.77. The molecule has 0 saturated carbocycles. The second kappa shape index (κ2) is 8.00. The Bertz CT molecular complexity index is 1020. The SMILES string of the molecule is Cc1cc(Nc2c(N3CCN(C)CC3)nn3ccccc23)c(NCC=O)cc1O. The first-order chi connectivity index (χ1) is 14.1. The Labute approximate surface area is 169 Å². The van der Waals surface area contributed by atoms with Crippen LogP contribution < -0.4 is 15.5 Å². The average molecular weight is 394 g/mol. The number of aldehydes is 1. The molecule has 152 valence electrons. The molecule has 0 radical (unpaired) electrons. The number of aromatic nitrogens is 2. The fourth-order valence-corrected chi connectivity index (χ4v) is 3.58. The largest absolute Gasteiger partial charge is 0.508 e. The minimum Gasteiger partial charge on any atom is -0.508 e. The summed E-state index contributed by atoms with van der Waals surface area (Å²) < 4.78 is 1.88. The smallest absolute Gasteiger partial charge is 0.175 e. The van der Waals surface area contributed by atoms with Crippen LogP contribution in [0.4, 0.5) is 22.9 Å². The molecule has 0 aliphatic carbocycles. The normalized spacial score (nSPS) is 14.9. The van der Waals surface area contributed by atoms with Crippen LogP contribution in [0.5, 0.6) is 5.75 Å². The van der Waals surface area contributed by atoms with E-state index >= 15 is 0 Å². The highest BCUT2D eigenvalue weighted by atomic mass is 16.3. The molecule has 0 atom stereocenters. The highest BCUT2D eigenvalue weighted by molar-refractivity contribution is 5.90. The summed E-state index contributed by atoms with van der Waals surface area (Å²) in [5.41, 5.74) is 4.08. The molecule has 8 heteroatoms. The lowest BCUT2D eigenvalue weighted by molar-refractivity contribution is -0.106. The predicted molar refractivity (Wildman–Crippen MR) is 116 cm³/mol. The van der Waals surface area contributed by atoms with Gasteiger partial charge in [0.25, 0.3) is 0 Å². The van der Waals surface area contributed by atoms with Crippen LogP contribution in [0.3, 0.4) is 0 Å². The minimum absolute atomic E-state index is 0.164. The van der Waals surface area contributed by atoms with E-state index < -0.39 is 0 Å². The van der Waals surface area contributed by atoms with Crippen molar-refractivity contribution < 1.29 is 9.90 Å². The molecule has 3 aromatic rings. The number of fused-ring (bicyclic) bond motifs is 1. The number of carbonyl (C=O) groups excluding carboxylic acids is 1. The second-order valence-electron chi connectivity index (χ2n) is 7.38. The number of carbonyl (C=O) groups is 1. The second-order valence-corrected chi connectivity index (χ2v) is 7.38. The number of rotatable bonds is 6. The zero-order valence-corrected chi connectivity index (χ0v) is 16.7. The van der Waals surface area contributed by atoms with E-state index in [0.717, 1.165) is 60.7 Å². The van der Waals surface area contributed by atoms with Crippen LogP contribution in [-0.4, -0.2) is 65.7 Å². The summed E-state index contributed by atoms with van der Waals surface area (Å²) in [6.07, 6.45) is 2.74. The molecule has 1 aliphatic heterocycles. The van der Waals surface area contributed by atoms with Crippen molar-refractivity contribution in [1.29, 1.82) is 0 Å². The summed E-state index contributed by atoms with van der Waals surface area (Å²) in [5, 5.41) is 21.5.